The Morgan fingerprint density at radius 2 is 1.78 bits per heavy atom. The monoisotopic (exact) mass is 502 g/mol. The van der Waals surface area contributed by atoms with Gasteiger partial charge in [-0.2, -0.15) is 0 Å². The van der Waals surface area contributed by atoms with Gasteiger partial charge in [0.25, 0.3) is 11.7 Å². The number of amides is 1. The maximum absolute atomic E-state index is 13.1. The van der Waals surface area contributed by atoms with Crippen LogP contribution in [-0.2, 0) is 9.59 Å². The quantitative estimate of drug-likeness (QED) is 0.335. The lowest BCUT2D eigenvalue weighted by atomic mass is 9.94. The van der Waals surface area contributed by atoms with Gasteiger partial charge >= 0.3 is 0 Å². The Morgan fingerprint density at radius 1 is 1.09 bits per heavy atom. The standard InChI is InChI=1S/C24H27BrN2O5/c1-26(2)12-7-13-27-21(16-8-5-6-9-18(16)31-3)20(23(29)24(27)30)22(28)15-10-11-19(32-4)17(25)14-15/h5-6,8-11,14,21,28H,7,12-13H2,1-4H3/b22-20+. The molecule has 0 aliphatic carbocycles. The van der Waals surface area contributed by atoms with Crippen LogP contribution in [0.1, 0.15) is 23.6 Å². The summed E-state index contributed by atoms with van der Waals surface area (Å²) in [6.07, 6.45) is 0.680. The summed E-state index contributed by atoms with van der Waals surface area (Å²) in [4.78, 5) is 29.7. The van der Waals surface area contributed by atoms with Crippen molar-refractivity contribution in [3.8, 4) is 11.5 Å². The number of Topliss-reactive ketones (excluding diaryl/α,β-unsaturated/α-hetero) is 1. The number of ether oxygens (including phenoxy) is 2. The van der Waals surface area contributed by atoms with Crippen LogP contribution in [0.25, 0.3) is 5.76 Å². The lowest BCUT2D eigenvalue weighted by Gasteiger charge is -2.27. The highest BCUT2D eigenvalue weighted by molar-refractivity contribution is 9.10. The molecular formula is C24H27BrN2O5. The Morgan fingerprint density at radius 3 is 2.41 bits per heavy atom. The molecular weight excluding hydrogens is 476 g/mol. The second-order valence-electron chi connectivity index (χ2n) is 7.74. The van der Waals surface area contributed by atoms with Crippen LogP contribution >= 0.6 is 15.9 Å². The number of benzene rings is 2. The Kier molecular flexibility index (Phi) is 7.58. The van der Waals surface area contributed by atoms with Crippen molar-refractivity contribution >= 4 is 33.4 Å². The number of hydrogen-bond acceptors (Lipinski definition) is 6. The fourth-order valence-electron chi connectivity index (χ4n) is 3.85. The van der Waals surface area contributed by atoms with Gasteiger partial charge in [0.2, 0.25) is 0 Å². The van der Waals surface area contributed by atoms with E-state index in [1.807, 2.05) is 37.2 Å². The number of ketones is 1. The fourth-order valence-corrected chi connectivity index (χ4v) is 4.39. The Bertz CT molecular complexity index is 1050. The van der Waals surface area contributed by atoms with Gasteiger partial charge in [-0.15, -0.1) is 0 Å². The predicted molar refractivity (Wildman–Crippen MR) is 126 cm³/mol. The highest BCUT2D eigenvalue weighted by Crippen LogP contribution is 2.43. The number of hydrogen-bond donors (Lipinski definition) is 1. The topological polar surface area (TPSA) is 79.3 Å². The molecule has 1 unspecified atom stereocenters. The van der Waals surface area contributed by atoms with E-state index in [0.717, 1.165) is 6.54 Å². The first kappa shape index (κ1) is 23.8. The first-order chi connectivity index (χ1) is 15.3. The van der Waals surface area contributed by atoms with E-state index in [0.29, 0.717) is 40.1 Å². The number of nitrogens with zero attached hydrogens (tertiary/aromatic N) is 2. The zero-order chi connectivity index (χ0) is 23.4. The Labute approximate surface area is 196 Å². The summed E-state index contributed by atoms with van der Waals surface area (Å²) in [5.74, 6) is -0.451. The molecule has 1 atom stereocenters. The van der Waals surface area contributed by atoms with Crippen LogP contribution in [0.5, 0.6) is 11.5 Å². The van der Waals surface area contributed by atoms with Crippen LogP contribution in [-0.4, -0.2) is 68.0 Å². The van der Waals surface area contributed by atoms with Crippen LogP contribution in [0.4, 0.5) is 0 Å². The first-order valence-corrected chi connectivity index (χ1v) is 11.0. The third-order valence-electron chi connectivity index (χ3n) is 5.40. The highest BCUT2D eigenvalue weighted by Gasteiger charge is 2.46. The molecule has 0 saturated carbocycles. The Balaban J connectivity index is 2.15. The molecule has 8 heteroatoms. The summed E-state index contributed by atoms with van der Waals surface area (Å²) in [5.41, 5.74) is 1.10. The van der Waals surface area contributed by atoms with Crippen LogP contribution in [0, 0.1) is 0 Å². The molecule has 170 valence electrons. The Hall–Kier alpha value is -2.84. The van der Waals surface area contributed by atoms with E-state index >= 15 is 0 Å². The van der Waals surface area contributed by atoms with Crippen molar-refractivity contribution in [2.45, 2.75) is 12.5 Å². The summed E-state index contributed by atoms with van der Waals surface area (Å²) >= 11 is 3.41. The van der Waals surface area contributed by atoms with E-state index < -0.39 is 17.7 Å². The highest BCUT2D eigenvalue weighted by atomic mass is 79.9. The molecule has 0 radical (unpaired) electrons. The maximum atomic E-state index is 13.1. The largest absolute Gasteiger partial charge is 0.507 e. The van der Waals surface area contributed by atoms with E-state index in [1.165, 1.54) is 12.0 Å². The number of halogens is 1. The molecule has 1 aliphatic rings. The van der Waals surface area contributed by atoms with Gasteiger partial charge in [-0.3, -0.25) is 9.59 Å². The zero-order valence-electron chi connectivity index (χ0n) is 18.6. The summed E-state index contributed by atoms with van der Waals surface area (Å²) in [6.45, 7) is 1.13. The summed E-state index contributed by atoms with van der Waals surface area (Å²) in [7, 11) is 6.99. The van der Waals surface area contributed by atoms with E-state index in [-0.39, 0.29) is 11.3 Å². The van der Waals surface area contributed by atoms with Crippen LogP contribution in [0.15, 0.2) is 52.5 Å². The molecule has 7 nitrogen and oxygen atoms in total. The number of aliphatic hydroxyl groups is 1. The average molecular weight is 503 g/mol. The van der Waals surface area contributed by atoms with E-state index in [1.54, 1.807) is 31.4 Å². The number of aliphatic hydroxyl groups excluding tert-OH is 1. The molecule has 2 aromatic carbocycles. The number of carbonyl (C=O) groups excluding carboxylic acids is 2. The third kappa shape index (κ3) is 4.66. The lowest BCUT2D eigenvalue weighted by Crippen LogP contribution is -2.32. The first-order valence-electron chi connectivity index (χ1n) is 10.2. The normalized spacial score (nSPS) is 17.8. The molecule has 1 amide bonds. The fraction of sp³-hybridized carbons (Fsp3) is 0.333. The molecule has 1 saturated heterocycles. The van der Waals surface area contributed by atoms with Crippen molar-refractivity contribution in [2.75, 3.05) is 41.4 Å². The molecule has 0 spiro atoms. The summed E-state index contributed by atoms with van der Waals surface area (Å²) in [5, 5.41) is 11.2. The summed E-state index contributed by atoms with van der Waals surface area (Å²) < 4.78 is 11.4. The van der Waals surface area contributed by atoms with Crippen molar-refractivity contribution in [2.24, 2.45) is 0 Å². The van der Waals surface area contributed by atoms with Crippen molar-refractivity contribution in [3.63, 3.8) is 0 Å². The second kappa shape index (κ2) is 10.2. The molecule has 3 rings (SSSR count). The van der Waals surface area contributed by atoms with E-state index in [2.05, 4.69) is 15.9 Å². The molecule has 1 N–H and O–H groups in total. The van der Waals surface area contributed by atoms with Crippen molar-refractivity contribution in [1.82, 2.24) is 9.80 Å². The summed E-state index contributed by atoms with van der Waals surface area (Å²) in [6, 6.07) is 11.5. The molecule has 0 aromatic heterocycles. The van der Waals surface area contributed by atoms with Gasteiger partial charge in [0.1, 0.15) is 17.3 Å². The molecule has 1 heterocycles. The minimum absolute atomic E-state index is 0.0430. The number of methoxy groups -OCH3 is 2. The van der Waals surface area contributed by atoms with Gasteiger partial charge < -0.3 is 24.4 Å². The van der Waals surface area contributed by atoms with Crippen LogP contribution < -0.4 is 9.47 Å². The minimum Gasteiger partial charge on any atom is -0.507 e. The van der Waals surface area contributed by atoms with Crippen molar-refractivity contribution in [3.05, 3.63) is 63.6 Å². The predicted octanol–water partition coefficient (Wildman–Crippen LogP) is 3.84. The number of para-hydroxylation sites is 1. The van der Waals surface area contributed by atoms with Crippen molar-refractivity contribution < 1.29 is 24.2 Å². The van der Waals surface area contributed by atoms with Gasteiger partial charge in [0.05, 0.1) is 30.3 Å². The van der Waals surface area contributed by atoms with E-state index in [9.17, 15) is 14.7 Å². The lowest BCUT2D eigenvalue weighted by molar-refractivity contribution is -0.140. The van der Waals surface area contributed by atoms with Gasteiger partial charge in [-0.1, -0.05) is 18.2 Å². The number of rotatable bonds is 8. The van der Waals surface area contributed by atoms with E-state index in [4.69, 9.17) is 9.47 Å². The van der Waals surface area contributed by atoms with Crippen LogP contribution in [0.2, 0.25) is 0 Å². The second-order valence-corrected chi connectivity index (χ2v) is 8.59. The average Bonchev–Trinajstić information content (AvgIpc) is 3.03. The van der Waals surface area contributed by atoms with Gasteiger partial charge in [-0.25, -0.2) is 0 Å². The smallest absolute Gasteiger partial charge is 0.295 e. The van der Waals surface area contributed by atoms with Gasteiger partial charge in [-0.05, 0) is 67.3 Å². The number of carbonyl (C=O) groups is 2. The van der Waals surface area contributed by atoms with Crippen molar-refractivity contribution in [1.29, 1.82) is 0 Å². The van der Waals surface area contributed by atoms with Gasteiger partial charge in [0, 0.05) is 17.7 Å². The minimum atomic E-state index is -0.755. The zero-order valence-corrected chi connectivity index (χ0v) is 20.2. The molecule has 0 bridgehead atoms. The molecule has 32 heavy (non-hydrogen) atoms. The number of likely N-dealkylation sites (tertiary alicyclic amines) is 1. The maximum Gasteiger partial charge on any atom is 0.295 e. The molecule has 2 aromatic rings. The van der Waals surface area contributed by atoms with Crippen LogP contribution in [0.3, 0.4) is 0 Å². The third-order valence-corrected chi connectivity index (χ3v) is 6.02. The van der Waals surface area contributed by atoms with Gasteiger partial charge in [0.15, 0.2) is 0 Å². The molecule has 1 fully saturated rings. The molecule has 1 aliphatic heterocycles. The SMILES string of the molecule is COc1ccc(/C(O)=C2\C(=O)C(=O)N(CCCN(C)C)C2c2ccccc2OC)cc1Br.